The molecule has 2 heterocycles. The number of nitrogens with one attached hydrogen (secondary N) is 2. The van der Waals surface area contributed by atoms with E-state index in [4.69, 9.17) is 14.2 Å². The number of methoxy groups -OCH3 is 2. The van der Waals surface area contributed by atoms with Crippen LogP contribution in [0.25, 0.3) is 0 Å². The van der Waals surface area contributed by atoms with Crippen molar-refractivity contribution in [2.75, 3.05) is 27.8 Å². The number of benzene rings is 2. The van der Waals surface area contributed by atoms with E-state index in [0.717, 1.165) is 30.9 Å². The van der Waals surface area contributed by atoms with E-state index in [-0.39, 0.29) is 34.8 Å². The summed E-state index contributed by atoms with van der Waals surface area (Å²) >= 11 is 0. The quantitative estimate of drug-likeness (QED) is 0.494. The van der Waals surface area contributed by atoms with Crippen LogP contribution in [0.1, 0.15) is 34.3 Å². The van der Waals surface area contributed by atoms with Crippen LogP contribution in [-0.2, 0) is 21.4 Å². The standard InChI is InChI=1S/C29H31N3O5/c1-32-14-13-28-22-18-9-10-20(35-2)23(22)37-26(28)29(36-3)12-11-27(28,21(32)15-18)16-19(29)25(34)31-30-24(33)17-7-5-4-6-8-17/h4-12,19,21,26H,13-16H2,1-3H3,(H,30,33)(H,31,34)/t19-,21+,26-,27+,28-,29+/m0/s1. The fraction of sp³-hybridized carbons (Fsp3) is 0.448. The first-order chi connectivity index (χ1) is 17.9. The Morgan fingerprint density at radius 3 is 2.65 bits per heavy atom. The van der Waals surface area contributed by atoms with Crippen LogP contribution >= 0.6 is 0 Å². The van der Waals surface area contributed by atoms with Gasteiger partial charge < -0.3 is 19.1 Å². The van der Waals surface area contributed by atoms with Crippen molar-refractivity contribution in [3.8, 4) is 11.5 Å². The number of nitrogens with zero attached hydrogens (tertiary/aromatic N) is 1. The summed E-state index contributed by atoms with van der Waals surface area (Å²) in [4.78, 5) is 28.9. The minimum atomic E-state index is -0.984. The molecule has 1 saturated heterocycles. The molecule has 6 atom stereocenters. The minimum Gasteiger partial charge on any atom is -0.493 e. The maximum Gasteiger partial charge on any atom is 0.269 e. The first kappa shape index (κ1) is 22.8. The molecule has 1 saturated carbocycles. The lowest BCUT2D eigenvalue weighted by Gasteiger charge is -2.70. The van der Waals surface area contributed by atoms with E-state index in [2.05, 4.69) is 41.0 Å². The fourth-order valence-electron chi connectivity index (χ4n) is 8.37. The number of carbonyl (C=O) groups excluding carboxylic acids is 2. The van der Waals surface area contributed by atoms with Gasteiger partial charge in [-0.05, 0) is 56.6 Å². The number of piperidine rings is 1. The molecule has 4 aliphatic carbocycles. The van der Waals surface area contributed by atoms with Crippen molar-refractivity contribution in [1.82, 2.24) is 15.8 Å². The Hall–Kier alpha value is -3.36. The van der Waals surface area contributed by atoms with Crippen molar-refractivity contribution in [1.29, 1.82) is 0 Å². The number of likely N-dealkylation sites (tertiary alicyclic amines) is 1. The first-order valence-electron chi connectivity index (χ1n) is 12.9. The Bertz CT molecular complexity index is 1340. The van der Waals surface area contributed by atoms with E-state index in [9.17, 15) is 9.59 Å². The monoisotopic (exact) mass is 501 g/mol. The molecule has 0 unspecified atom stereocenters. The minimum absolute atomic E-state index is 0.222. The number of hydrazine groups is 1. The summed E-state index contributed by atoms with van der Waals surface area (Å²) < 4.78 is 18.9. The number of amides is 2. The van der Waals surface area contributed by atoms with Crippen LogP contribution in [-0.4, -0.2) is 62.3 Å². The average molecular weight is 502 g/mol. The zero-order valence-electron chi connectivity index (χ0n) is 21.2. The predicted molar refractivity (Wildman–Crippen MR) is 135 cm³/mol. The molecule has 2 amide bonds. The van der Waals surface area contributed by atoms with E-state index in [0.29, 0.717) is 12.0 Å². The largest absolute Gasteiger partial charge is 0.493 e. The number of hydrogen-bond donors (Lipinski definition) is 2. The molecule has 192 valence electrons. The lowest BCUT2D eigenvalue weighted by molar-refractivity contribution is -0.214. The summed E-state index contributed by atoms with van der Waals surface area (Å²) in [6.07, 6.45) is 6.40. The molecule has 2 aromatic rings. The van der Waals surface area contributed by atoms with Gasteiger partial charge in [-0.25, -0.2) is 0 Å². The summed E-state index contributed by atoms with van der Waals surface area (Å²) in [5.41, 5.74) is 6.72. The Labute approximate surface area is 215 Å². The molecule has 37 heavy (non-hydrogen) atoms. The van der Waals surface area contributed by atoms with Gasteiger partial charge in [-0.3, -0.25) is 20.4 Å². The molecule has 6 aliphatic rings. The number of hydrogen-bond acceptors (Lipinski definition) is 6. The summed E-state index contributed by atoms with van der Waals surface area (Å²) in [7, 11) is 5.51. The number of fused-ring (bicyclic) bond motifs is 1. The summed E-state index contributed by atoms with van der Waals surface area (Å²) in [5, 5.41) is 0. The fourth-order valence-corrected chi connectivity index (χ4v) is 8.37. The highest BCUT2D eigenvalue weighted by Crippen LogP contribution is 2.74. The molecule has 0 radical (unpaired) electrons. The zero-order chi connectivity index (χ0) is 25.6. The lowest BCUT2D eigenvalue weighted by atomic mass is 9.37. The molecule has 2 aromatic carbocycles. The average Bonchev–Trinajstić information content (AvgIpc) is 3.31. The van der Waals surface area contributed by atoms with Crippen LogP contribution in [0.15, 0.2) is 54.6 Å². The second-order valence-corrected chi connectivity index (χ2v) is 11.0. The van der Waals surface area contributed by atoms with Gasteiger partial charge in [0.15, 0.2) is 11.5 Å². The Balaban J connectivity index is 1.31. The number of likely N-dealkylation sites (N-methyl/N-ethyl adjacent to an activating group) is 1. The van der Waals surface area contributed by atoms with Gasteiger partial charge in [-0.1, -0.05) is 36.4 Å². The lowest BCUT2D eigenvalue weighted by Crippen LogP contribution is -2.80. The van der Waals surface area contributed by atoms with Crippen LogP contribution in [0.3, 0.4) is 0 Å². The molecule has 2 fully saturated rings. The van der Waals surface area contributed by atoms with Gasteiger partial charge in [0.05, 0.1) is 18.4 Å². The molecule has 8 heteroatoms. The van der Waals surface area contributed by atoms with Crippen LogP contribution in [0.4, 0.5) is 0 Å². The van der Waals surface area contributed by atoms with Gasteiger partial charge >= 0.3 is 0 Å². The Morgan fingerprint density at radius 1 is 1.08 bits per heavy atom. The normalized spacial score (nSPS) is 35.9. The van der Waals surface area contributed by atoms with Crippen LogP contribution in [0, 0.1) is 11.3 Å². The second-order valence-electron chi connectivity index (χ2n) is 11.0. The number of carbonyl (C=O) groups is 2. The van der Waals surface area contributed by atoms with Crippen LogP contribution < -0.4 is 20.3 Å². The maximum absolute atomic E-state index is 13.8. The van der Waals surface area contributed by atoms with Crippen LogP contribution in [0.5, 0.6) is 11.5 Å². The SMILES string of the molecule is COc1ccc2c3c1O[C@@H]1[C@@]4(OC)C=C[C@@]5(C[C@H]4C(=O)NNC(=O)c4ccccc4)[C@@H](C2)N(C)CC[C@]315. The van der Waals surface area contributed by atoms with Crippen molar-refractivity contribution in [2.24, 2.45) is 11.3 Å². The zero-order valence-corrected chi connectivity index (χ0v) is 21.2. The highest BCUT2D eigenvalue weighted by Gasteiger charge is 2.79. The van der Waals surface area contributed by atoms with Crippen molar-refractivity contribution in [3.05, 3.63) is 71.3 Å². The third kappa shape index (κ3) is 2.60. The molecular formula is C29H31N3O5. The predicted octanol–water partition coefficient (Wildman–Crippen LogP) is 2.38. The van der Waals surface area contributed by atoms with Crippen molar-refractivity contribution in [2.45, 2.75) is 42.4 Å². The molecule has 2 aliphatic heterocycles. The van der Waals surface area contributed by atoms with Crippen LogP contribution in [0.2, 0.25) is 0 Å². The second kappa shape index (κ2) is 7.58. The van der Waals surface area contributed by atoms with E-state index >= 15 is 0 Å². The van der Waals surface area contributed by atoms with Gasteiger partial charge in [0.1, 0.15) is 11.7 Å². The smallest absolute Gasteiger partial charge is 0.269 e. The molecule has 2 N–H and O–H groups in total. The molecule has 0 aromatic heterocycles. The Morgan fingerprint density at radius 2 is 1.89 bits per heavy atom. The topological polar surface area (TPSA) is 89.1 Å². The van der Waals surface area contributed by atoms with E-state index in [1.165, 1.54) is 11.1 Å². The summed E-state index contributed by atoms with van der Waals surface area (Å²) in [6, 6.07) is 13.2. The van der Waals surface area contributed by atoms with Gasteiger partial charge in [-0.2, -0.15) is 0 Å². The Kier molecular flexibility index (Phi) is 4.67. The number of rotatable bonds is 4. The van der Waals surface area contributed by atoms with Gasteiger partial charge in [0.2, 0.25) is 5.91 Å². The van der Waals surface area contributed by atoms with Crippen molar-refractivity contribution < 1.29 is 23.8 Å². The van der Waals surface area contributed by atoms with E-state index in [1.807, 2.05) is 12.1 Å². The summed E-state index contributed by atoms with van der Waals surface area (Å²) in [5.74, 6) is 0.327. The van der Waals surface area contributed by atoms with Crippen molar-refractivity contribution in [3.63, 3.8) is 0 Å². The van der Waals surface area contributed by atoms with E-state index < -0.39 is 11.5 Å². The van der Waals surface area contributed by atoms with Gasteiger partial charge in [0.25, 0.3) is 5.91 Å². The van der Waals surface area contributed by atoms with E-state index in [1.54, 1.807) is 38.5 Å². The molecule has 8 rings (SSSR count). The molecule has 8 nitrogen and oxygen atoms in total. The molecule has 4 bridgehead atoms. The number of ether oxygens (including phenoxy) is 3. The first-order valence-corrected chi connectivity index (χ1v) is 12.9. The highest BCUT2D eigenvalue weighted by atomic mass is 16.6. The molecular weight excluding hydrogens is 470 g/mol. The third-order valence-corrected chi connectivity index (χ3v) is 9.93. The third-order valence-electron chi connectivity index (χ3n) is 9.93. The summed E-state index contributed by atoms with van der Waals surface area (Å²) in [6.45, 7) is 0.944. The molecule has 2 spiro atoms. The van der Waals surface area contributed by atoms with Gasteiger partial charge in [0, 0.05) is 29.7 Å². The van der Waals surface area contributed by atoms with Gasteiger partial charge in [-0.15, -0.1) is 0 Å². The van der Waals surface area contributed by atoms with Crippen molar-refractivity contribution >= 4 is 11.8 Å². The maximum atomic E-state index is 13.8. The highest BCUT2D eigenvalue weighted by molar-refractivity contribution is 5.95.